The van der Waals surface area contributed by atoms with E-state index in [4.69, 9.17) is 9.10 Å². The minimum Gasteiger partial charge on any atom is -0.355 e. The van der Waals surface area contributed by atoms with Gasteiger partial charge in [-0.15, -0.1) is 45.1 Å². The third-order valence-corrected chi connectivity index (χ3v) is 8.91. The topological polar surface area (TPSA) is 24.3 Å². The number of hydrogen-bond acceptors (Lipinski definition) is 4. The molecule has 0 radical (unpaired) electrons. The Labute approximate surface area is 280 Å². The predicted octanol–water partition coefficient (Wildman–Crippen LogP) is 9.45. The average Bonchev–Trinajstić information content (AvgIpc) is 3.62. The summed E-state index contributed by atoms with van der Waals surface area (Å²) in [6.07, 6.45) is 1.88. The second kappa shape index (κ2) is 11.6. The van der Waals surface area contributed by atoms with Crippen LogP contribution in [-0.4, -0.2) is 23.2 Å². The van der Waals surface area contributed by atoms with E-state index in [0.717, 1.165) is 54.4 Å². The molecular weight excluding hydrogens is 740 g/mol. The van der Waals surface area contributed by atoms with Gasteiger partial charge in [-0.05, 0) is 59.3 Å². The van der Waals surface area contributed by atoms with Crippen LogP contribution >= 0.6 is 11.8 Å². The van der Waals surface area contributed by atoms with Gasteiger partial charge < -0.3 is 14.4 Å². The fourth-order valence-corrected chi connectivity index (χ4v) is 6.79. The van der Waals surface area contributed by atoms with Gasteiger partial charge in [-0.1, -0.05) is 65.8 Å². The predicted molar refractivity (Wildman–Crippen MR) is 179 cm³/mol. The van der Waals surface area contributed by atoms with Gasteiger partial charge in [0.05, 0.1) is 18.0 Å². The van der Waals surface area contributed by atoms with Gasteiger partial charge in [0.2, 0.25) is 0 Å². The number of hydrogen-bond donors (Lipinski definition) is 0. The second-order valence-electron chi connectivity index (χ2n) is 10.6. The van der Waals surface area contributed by atoms with Crippen LogP contribution in [0.4, 0.5) is 17.1 Å². The maximum absolute atomic E-state index is 8.06. The molecule has 0 unspecified atom stereocenters. The first-order chi connectivity index (χ1) is 22.3. The molecule has 7 aromatic rings. The third kappa shape index (κ3) is 4.91. The molecule has 44 heavy (non-hydrogen) atoms. The first kappa shape index (κ1) is 25.1. The molecule has 0 atom stereocenters. The van der Waals surface area contributed by atoms with Gasteiger partial charge in [0.25, 0.3) is 0 Å². The fraction of sp³-hybridized carbons (Fsp3) is 0.0789. The van der Waals surface area contributed by atoms with Crippen molar-refractivity contribution in [2.45, 2.75) is 16.7 Å². The van der Waals surface area contributed by atoms with Crippen LogP contribution < -0.4 is 9.80 Å². The summed E-state index contributed by atoms with van der Waals surface area (Å²) >= 11 is 1.58. The molecule has 0 spiro atoms. The normalized spacial score (nSPS) is 13.8. The zero-order valence-electron chi connectivity index (χ0n) is 26.8. The monoisotopic (exact) mass is 770 g/mol. The molecule has 0 fully saturated rings. The van der Waals surface area contributed by atoms with Gasteiger partial charge in [-0.3, -0.25) is 0 Å². The number of rotatable bonds is 5. The molecule has 1 aliphatic rings. The molecule has 0 aliphatic carbocycles. The smallest absolute Gasteiger partial charge is 0.355 e. The van der Waals surface area contributed by atoms with Gasteiger partial charge in [-0.25, -0.2) is 4.98 Å². The van der Waals surface area contributed by atoms with E-state index >= 15 is 0 Å². The minimum absolute atomic E-state index is 0. The summed E-state index contributed by atoms with van der Waals surface area (Å²) in [6, 6.07) is 46.1. The molecule has 0 saturated carbocycles. The molecule has 4 nitrogen and oxygen atoms in total. The summed E-state index contributed by atoms with van der Waals surface area (Å²) in [5.41, 5.74) is 7.92. The Bertz CT molecular complexity index is 2260. The van der Waals surface area contributed by atoms with Crippen molar-refractivity contribution in [1.82, 2.24) is 9.55 Å². The third-order valence-electron chi connectivity index (χ3n) is 8.00. The Morgan fingerprint density at radius 1 is 0.773 bits per heavy atom. The summed E-state index contributed by atoms with van der Waals surface area (Å²) in [7, 11) is 0. The molecule has 6 heteroatoms. The van der Waals surface area contributed by atoms with E-state index in [-0.39, 0.29) is 27.7 Å². The Balaban J connectivity index is 0.00000351. The molecule has 0 amide bonds. The van der Waals surface area contributed by atoms with Crippen LogP contribution in [0, 0.1) is 19.1 Å². The average molecular weight is 771 g/mol. The molecule has 3 heterocycles. The van der Waals surface area contributed by atoms with Crippen molar-refractivity contribution in [3.63, 3.8) is 0 Å². The number of aromatic nitrogens is 2. The molecule has 1 aliphatic heterocycles. The van der Waals surface area contributed by atoms with Crippen molar-refractivity contribution in [2.24, 2.45) is 0 Å². The summed E-state index contributed by atoms with van der Waals surface area (Å²) in [5.74, 6) is 0.838. The van der Waals surface area contributed by atoms with Crippen LogP contribution in [0.1, 0.15) is 9.68 Å². The number of nitrogens with zero attached hydrogens (tertiary/aromatic N) is 4. The Hall–Kier alpha value is -4.31. The number of aryl methyl sites for hydroxylation is 1. The van der Waals surface area contributed by atoms with E-state index in [0.29, 0.717) is 5.69 Å². The molecule has 0 bridgehead atoms. The van der Waals surface area contributed by atoms with E-state index in [1.807, 2.05) is 53.6 Å². The number of para-hydroxylation sites is 3. The zero-order chi connectivity index (χ0) is 31.4. The van der Waals surface area contributed by atoms with Crippen LogP contribution in [0.15, 0.2) is 131 Å². The molecule has 0 saturated heterocycles. The summed E-state index contributed by atoms with van der Waals surface area (Å²) in [6.45, 7) is 0.118. The quantitative estimate of drug-likeness (QED) is 0.163. The van der Waals surface area contributed by atoms with Crippen LogP contribution in [-0.2, 0) is 21.1 Å². The second-order valence-corrected chi connectivity index (χ2v) is 11.7. The van der Waals surface area contributed by atoms with Crippen LogP contribution in [0.2, 0.25) is 0 Å². The molecule has 0 N–H and O–H groups in total. The van der Waals surface area contributed by atoms with Gasteiger partial charge >= 0.3 is 21.1 Å². The molecule has 216 valence electrons. The van der Waals surface area contributed by atoms with Gasteiger partial charge in [0.15, 0.2) is 0 Å². The molecule has 8 rings (SSSR count). The van der Waals surface area contributed by atoms with Gasteiger partial charge in [-0.2, -0.15) is 24.3 Å². The number of fused-ring (bicyclic) bond motifs is 4. The largest absolute Gasteiger partial charge is 2.00 e. The summed E-state index contributed by atoms with van der Waals surface area (Å²) < 4.78 is 26.4. The standard InChI is InChI=1S/C38H28N4S.Pt/c1-26-10-3-4-13-31(26)27-20-21-39-38(22-27)42-34-15-6-5-14-32(34)33-19-18-30(24-37(33)42)43-29-12-9-11-28(23-29)41-25-40(2)35-16-7-8-17-36(35)41;/h3-22H,25H2,1-2H3;/q-2;+2/i2D3;. The van der Waals surface area contributed by atoms with Crippen molar-refractivity contribution < 1.29 is 25.2 Å². The van der Waals surface area contributed by atoms with E-state index < -0.39 is 6.98 Å². The molecular formula is C38H28N4PtS. The van der Waals surface area contributed by atoms with Crippen molar-refractivity contribution in [3.8, 4) is 16.9 Å². The number of pyridine rings is 1. The van der Waals surface area contributed by atoms with Crippen molar-refractivity contribution in [2.75, 3.05) is 23.4 Å². The Kier molecular flexibility index (Phi) is 6.63. The maximum atomic E-state index is 8.06. The first-order valence-electron chi connectivity index (χ1n) is 15.7. The van der Waals surface area contributed by atoms with Crippen LogP contribution in [0.25, 0.3) is 38.8 Å². The Morgan fingerprint density at radius 2 is 1.57 bits per heavy atom. The maximum Gasteiger partial charge on any atom is 2.00 e. The van der Waals surface area contributed by atoms with Crippen molar-refractivity contribution in [1.29, 1.82) is 0 Å². The summed E-state index contributed by atoms with van der Waals surface area (Å²) in [5, 5.41) is 2.26. The Morgan fingerprint density at radius 3 is 2.45 bits per heavy atom. The van der Waals surface area contributed by atoms with E-state index in [9.17, 15) is 0 Å². The molecule has 5 aromatic carbocycles. The van der Waals surface area contributed by atoms with Gasteiger partial charge in [0.1, 0.15) is 5.82 Å². The van der Waals surface area contributed by atoms with E-state index in [2.05, 4.69) is 96.4 Å². The van der Waals surface area contributed by atoms with E-state index in [1.165, 1.54) is 16.0 Å². The van der Waals surface area contributed by atoms with E-state index in [1.54, 1.807) is 11.8 Å². The number of anilines is 3. The zero-order valence-corrected chi connectivity index (χ0v) is 26.9. The van der Waals surface area contributed by atoms with Crippen LogP contribution in [0.3, 0.4) is 0 Å². The fourth-order valence-electron chi connectivity index (χ4n) is 5.97. The summed E-state index contributed by atoms with van der Waals surface area (Å²) in [4.78, 5) is 10.2. The van der Waals surface area contributed by atoms with Gasteiger partial charge in [0, 0.05) is 22.8 Å². The number of benzene rings is 5. The van der Waals surface area contributed by atoms with Crippen LogP contribution in [0.5, 0.6) is 0 Å². The molecule has 2 aromatic heterocycles. The SMILES string of the molecule is [2H]C([2H])([2H])N1CN(c2[c-]c(Sc3[c-]c4c(cc3)c3ccccc3n4-c3cc(-c4ccccc4C)ccn3)ccc2)c2ccccc21.[Pt+2]. The minimum atomic E-state index is -2.24. The first-order valence-corrected chi connectivity index (χ1v) is 15.0. The van der Waals surface area contributed by atoms with Crippen molar-refractivity contribution >= 4 is 50.6 Å². The van der Waals surface area contributed by atoms with Crippen molar-refractivity contribution in [3.05, 3.63) is 139 Å².